The van der Waals surface area contributed by atoms with Crippen molar-refractivity contribution >= 4 is 29.3 Å². The first-order valence-corrected chi connectivity index (χ1v) is 14.2. The average Bonchev–Trinajstić information content (AvgIpc) is 2.96. The molecule has 3 heterocycles. The van der Waals surface area contributed by atoms with Gasteiger partial charge in [0.05, 0.1) is 29.8 Å². The number of nitrogens with zero attached hydrogens (tertiary/aromatic N) is 3. The van der Waals surface area contributed by atoms with Crippen LogP contribution in [0.3, 0.4) is 0 Å². The molecule has 0 radical (unpaired) electrons. The molecule has 40 heavy (non-hydrogen) atoms. The van der Waals surface area contributed by atoms with E-state index in [4.69, 9.17) is 31.5 Å². The summed E-state index contributed by atoms with van der Waals surface area (Å²) in [6.45, 7) is 4.37. The highest BCUT2D eigenvalue weighted by Crippen LogP contribution is 2.26. The van der Waals surface area contributed by atoms with Gasteiger partial charge in [0, 0.05) is 33.3 Å². The summed E-state index contributed by atoms with van der Waals surface area (Å²) in [7, 11) is 5.18. The third-order valence-corrected chi connectivity index (χ3v) is 8.04. The zero-order valence-corrected chi connectivity index (χ0v) is 24.3. The molecule has 1 aromatic carbocycles. The Labute approximate surface area is 241 Å². The van der Waals surface area contributed by atoms with Crippen molar-refractivity contribution in [3.63, 3.8) is 0 Å². The van der Waals surface area contributed by atoms with Gasteiger partial charge in [0.15, 0.2) is 0 Å². The second kappa shape index (κ2) is 14.1. The number of nitrogens with two attached hydrogens (primary N) is 1. The van der Waals surface area contributed by atoms with E-state index >= 15 is 0 Å². The quantitative estimate of drug-likeness (QED) is 0.413. The predicted molar refractivity (Wildman–Crippen MR) is 154 cm³/mol. The SMILES string of the molecule is COc1nc(N)c(Cl)cc1C(=O)N[C@@H]1CCN(CCCc2ccc(C(=O)OC3CCN(C)CC3)cc2)C[C@@H]1OC. The number of carbonyl (C=O) groups is 2. The van der Waals surface area contributed by atoms with Crippen LogP contribution < -0.4 is 15.8 Å². The highest BCUT2D eigenvalue weighted by atomic mass is 35.5. The molecule has 0 spiro atoms. The number of nitrogen functional groups attached to an aromatic ring is 1. The van der Waals surface area contributed by atoms with Gasteiger partial charge in [0.1, 0.15) is 17.5 Å². The smallest absolute Gasteiger partial charge is 0.338 e. The Morgan fingerprint density at radius 1 is 1.12 bits per heavy atom. The van der Waals surface area contributed by atoms with Crippen LogP contribution in [-0.2, 0) is 15.9 Å². The van der Waals surface area contributed by atoms with Gasteiger partial charge in [-0.2, -0.15) is 4.98 Å². The molecule has 4 rings (SSSR count). The molecule has 2 aromatic rings. The van der Waals surface area contributed by atoms with E-state index in [9.17, 15) is 9.59 Å². The topological polar surface area (TPSA) is 119 Å². The normalized spacial score (nSPS) is 20.7. The standard InChI is InChI=1S/C29H40ClN5O5/c1-34-14-10-21(11-15-34)40-29(37)20-8-6-19(7-9-20)5-4-13-35-16-12-24(25(18-35)38-2)32-27(36)22-17-23(30)26(31)33-28(22)39-3/h6-9,17,21,24-25H,4-5,10-16,18H2,1-3H3,(H2,31,33)(H,32,36)/t24-,25+/m1/s1. The number of amides is 1. The van der Waals surface area contributed by atoms with E-state index < -0.39 is 0 Å². The number of esters is 1. The molecule has 218 valence electrons. The molecule has 2 saturated heterocycles. The minimum atomic E-state index is -0.328. The summed E-state index contributed by atoms with van der Waals surface area (Å²) in [6, 6.07) is 9.06. The molecular weight excluding hydrogens is 534 g/mol. The summed E-state index contributed by atoms with van der Waals surface area (Å²) in [5, 5.41) is 3.25. The summed E-state index contributed by atoms with van der Waals surface area (Å²) < 4.78 is 16.7. The number of hydrogen-bond donors (Lipinski definition) is 2. The molecular formula is C29H40ClN5O5. The lowest BCUT2D eigenvalue weighted by molar-refractivity contribution is 0.00615. The second-order valence-corrected chi connectivity index (χ2v) is 11.0. The molecule has 0 unspecified atom stereocenters. The number of benzene rings is 1. The zero-order chi connectivity index (χ0) is 28.6. The summed E-state index contributed by atoms with van der Waals surface area (Å²) in [4.78, 5) is 34.2. The average molecular weight is 574 g/mol. The van der Waals surface area contributed by atoms with Crippen molar-refractivity contribution < 1.29 is 23.8 Å². The van der Waals surface area contributed by atoms with Crippen molar-refractivity contribution in [2.45, 2.75) is 50.4 Å². The van der Waals surface area contributed by atoms with Gasteiger partial charge in [-0.05, 0) is 69.5 Å². The Bertz CT molecular complexity index is 1160. The van der Waals surface area contributed by atoms with Gasteiger partial charge in [-0.3, -0.25) is 4.79 Å². The zero-order valence-electron chi connectivity index (χ0n) is 23.5. The Kier molecular flexibility index (Phi) is 10.6. The van der Waals surface area contributed by atoms with Crippen LogP contribution in [0.15, 0.2) is 30.3 Å². The van der Waals surface area contributed by atoms with Gasteiger partial charge >= 0.3 is 5.97 Å². The predicted octanol–water partition coefficient (Wildman–Crippen LogP) is 3.03. The fraction of sp³-hybridized carbons (Fsp3) is 0.552. The Morgan fingerprint density at radius 2 is 1.85 bits per heavy atom. The summed E-state index contributed by atoms with van der Waals surface area (Å²) >= 11 is 6.08. The number of anilines is 1. The van der Waals surface area contributed by atoms with Crippen LogP contribution in [0.5, 0.6) is 5.88 Å². The van der Waals surface area contributed by atoms with Crippen molar-refractivity contribution in [3.8, 4) is 5.88 Å². The number of rotatable bonds is 10. The number of piperidine rings is 2. The largest absolute Gasteiger partial charge is 0.480 e. The van der Waals surface area contributed by atoms with Crippen LogP contribution in [0.2, 0.25) is 5.02 Å². The maximum Gasteiger partial charge on any atom is 0.338 e. The Balaban J connectivity index is 1.22. The molecule has 0 bridgehead atoms. The number of hydrogen-bond acceptors (Lipinski definition) is 9. The molecule has 3 N–H and O–H groups in total. The molecule has 2 aliphatic rings. The molecule has 2 fully saturated rings. The van der Waals surface area contributed by atoms with Gasteiger partial charge in [0.25, 0.3) is 5.91 Å². The monoisotopic (exact) mass is 573 g/mol. The lowest BCUT2D eigenvalue weighted by Crippen LogP contribution is -2.55. The molecule has 0 aliphatic carbocycles. The molecule has 2 aliphatic heterocycles. The van der Waals surface area contributed by atoms with Crippen molar-refractivity contribution in [1.82, 2.24) is 20.1 Å². The highest BCUT2D eigenvalue weighted by Gasteiger charge is 2.31. The summed E-state index contributed by atoms with van der Waals surface area (Å²) in [5.41, 5.74) is 7.76. The third-order valence-electron chi connectivity index (χ3n) is 7.74. The first-order valence-electron chi connectivity index (χ1n) is 13.8. The van der Waals surface area contributed by atoms with Crippen molar-refractivity contribution in [1.29, 1.82) is 0 Å². The molecule has 11 heteroatoms. The lowest BCUT2D eigenvalue weighted by Gasteiger charge is -2.38. The van der Waals surface area contributed by atoms with E-state index in [1.807, 2.05) is 24.3 Å². The van der Waals surface area contributed by atoms with Crippen LogP contribution >= 0.6 is 11.6 Å². The van der Waals surface area contributed by atoms with Crippen LogP contribution in [0, 0.1) is 0 Å². The van der Waals surface area contributed by atoms with Crippen LogP contribution in [-0.4, -0.2) is 98.9 Å². The minimum Gasteiger partial charge on any atom is -0.480 e. The summed E-state index contributed by atoms with van der Waals surface area (Å²) in [5.74, 6) is -0.325. The molecule has 1 aromatic heterocycles. The third kappa shape index (κ3) is 7.84. The fourth-order valence-electron chi connectivity index (χ4n) is 5.27. The maximum atomic E-state index is 13.0. The fourth-order valence-corrected chi connectivity index (χ4v) is 5.43. The number of likely N-dealkylation sites (tertiary alicyclic amines) is 2. The van der Waals surface area contributed by atoms with E-state index in [0.717, 1.165) is 58.3 Å². The highest BCUT2D eigenvalue weighted by molar-refractivity contribution is 6.33. The minimum absolute atomic E-state index is 0.00723. The van der Waals surface area contributed by atoms with Gasteiger partial charge in [-0.15, -0.1) is 0 Å². The van der Waals surface area contributed by atoms with Crippen molar-refractivity contribution in [3.05, 3.63) is 52.0 Å². The van der Waals surface area contributed by atoms with Gasteiger partial charge in [0.2, 0.25) is 5.88 Å². The lowest BCUT2D eigenvalue weighted by atomic mass is 10.00. The van der Waals surface area contributed by atoms with Crippen molar-refractivity contribution in [2.75, 3.05) is 59.7 Å². The molecule has 0 saturated carbocycles. The van der Waals surface area contributed by atoms with E-state index in [1.165, 1.54) is 18.7 Å². The molecule has 2 atom stereocenters. The first-order chi connectivity index (χ1) is 19.3. The number of ether oxygens (including phenoxy) is 3. The Hall–Kier alpha value is -2.92. The number of aryl methyl sites for hydroxylation is 1. The van der Waals surface area contributed by atoms with Crippen LogP contribution in [0.4, 0.5) is 5.82 Å². The number of carbonyl (C=O) groups excluding carboxylic acids is 2. The maximum absolute atomic E-state index is 13.0. The van der Waals surface area contributed by atoms with Gasteiger partial charge < -0.3 is 35.1 Å². The van der Waals surface area contributed by atoms with Crippen LogP contribution in [0.25, 0.3) is 0 Å². The van der Waals surface area contributed by atoms with Crippen LogP contribution in [0.1, 0.15) is 52.0 Å². The van der Waals surface area contributed by atoms with E-state index in [2.05, 4.69) is 27.1 Å². The number of methoxy groups -OCH3 is 2. The number of halogens is 1. The van der Waals surface area contributed by atoms with E-state index in [0.29, 0.717) is 12.1 Å². The second-order valence-electron chi connectivity index (χ2n) is 10.6. The van der Waals surface area contributed by atoms with E-state index in [1.54, 1.807) is 7.11 Å². The molecule has 1 amide bonds. The number of pyridine rings is 1. The number of nitrogens with one attached hydrogen (secondary N) is 1. The van der Waals surface area contributed by atoms with Gasteiger partial charge in [-0.1, -0.05) is 23.7 Å². The summed E-state index contributed by atoms with van der Waals surface area (Å²) in [6.07, 6.45) is 4.25. The Morgan fingerprint density at radius 3 is 2.52 bits per heavy atom. The van der Waals surface area contributed by atoms with Gasteiger partial charge in [-0.25, -0.2) is 4.79 Å². The van der Waals surface area contributed by atoms with Crippen molar-refractivity contribution in [2.24, 2.45) is 0 Å². The molecule has 10 nitrogen and oxygen atoms in total. The van der Waals surface area contributed by atoms with E-state index in [-0.39, 0.29) is 52.4 Å². The first kappa shape index (κ1) is 30.0. The number of aromatic nitrogens is 1.